The van der Waals surface area contributed by atoms with Gasteiger partial charge in [0.25, 0.3) is 0 Å². The minimum absolute atomic E-state index is 0.338. The minimum atomic E-state index is -2.72. The zero-order chi connectivity index (χ0) is 11.3. The third kappa shape index (κ3) is 5.49. The highest BCUT2D eigenvalue weighted by Crippen LogP contribution is 2.03. The molecule has 1 aliphatic heterocycles. The van der Waals surface area contributed by atoms with Gasteiger partial charge in [0, 0.05) is 19.1 Å². The van der Waals surface area contributed by atoms with Gasteiger partial charge in [0.2, 0.25) is 0 Å². The molecule has 1 heterocycles. The normalized spacial score (nSPS) is 22.1. The van der Waals surface area contributed by atoms with Gasteiger partial charge in [-0.1, -0.05) is 13.8 Å². The van der Waals surface area contributed by atoms with Crippen molar-refractivity contribution < 1.29 is 8.42 Å². The number of hydrogen-bond donors (Lipinski definition) is 1. The predicted molar refractivity (Wildman–Crippen MR) is 62.8 cm³/mol. The zero-order valence-corrected chi connectivity index (χ0v) is 10.5. The van der Waals surface area contributed by atoms with Crippen molar-refractivity contribution >= 4 is 9.84 Å². The van der Waals surface area contributed by atoms with Crippen LogP contribution in [0.2, 0.25) is 0 Å². The fourth-order valence-corrected chi connectivity index (χ4v) is 2.94. The summed E-state index contributed by atoms with van der Waals surface area (Å²) in [6, 6.07) is 0.534. The van der Waals surface area contributed by atoms with Crippen LogP contribution in [0.15, 0.2) is 0 Å². The summed E-state index contributed by atoms with van der Waals surface area (Å²) >= 11 is 0. The lowest BCUT2D eigenvalue weighted by Gasteiger charge is -2.26. The van der Waals surface area contributed by atoms with Crippen molar-refractivity contribution in [3.8, 4) is 0 Å². The van der Waals surface area contributed by atoms with Crippen LogP contribution in [0, 0.1) is 0 Å². The molecule has 1 fully saturated rings. The molecule has 1 rings (SSSR count). The maximum absolute atomic E-state index is 11.2. The first kappa shape index (κ1) is 12.9. The molecule has 0 bridgehead atoms. The largest absolute Gasteiger partial charge is 0.314 e. The molecule has 1 N–H and O–H groups in total. The van der Waals surface area contributed by atoms with Crippen LogP contribution < -0.4 is 5.32 Å². The Hall–Kier alpha value is -0.130. The van der Waals surface area contributed by atoms with E-state index >= 15 is 0 Å². The summed E-state index contributed by atoms with van der Waals surface area (Å²) in [7, 11) is -2.72. The average Bonchev–Trinajstić information content (AvgIpc) is 2.14. The van der Waals surface area contributed by atoms with Crippen molar-refractivity contribution in [3.05, 3.63) is 0 Å². The molecule has 1 aliphatic rings. The van der Waals surface area contributed by atoms with Gasteiger partial charge in [-0.15, -0.1) is 0 Å². The van der Waals surface area contributed by atoms with Gasteiger partial charge in [-0.05, 0) is 19.5 Å². The summed E-state index contributed by atoms with van der Waals surface area (Å²) in [5.74, 6) is 0.676. The molecule has 15 heavy (non-hydrogen) atoms. The molecule has 0 unspecified atom stereocenters. The number of nitrogens with zero attached hydrogens (tertiary/aromatic N) is 1. The van der Waals surface area contributed by atoms with Gasteiger partial charge in [0.1, 0.15) is 0 Å². The van der Waals surface area contributed by atoms with Crippen molar-refractivity contribution in [1.29, 1.82) is 0 Å². The first-order valence-corrected chi connectivity index (χ1v) is 7.48. The summed E-state index contributed by atoms with van der Waals surface area (Å²) in [5, 5.41) is 3.36. The van der Waals surface area contributed by atoms with Crippen LogP contribution in [-0.4, -0.2) is 57.0 Å². The van der Waals surface area contributed by atoms with E-state index in [1.165, 1.54) is 0 Å². The Balaban J connectivity index is 2.09. The molecule has 0 saturated carbocycles. The molecule has 0 spiro atoms. The lowest BCUT2D eigenvalue weighted by molar-refractivity contribution is 0.289. The molecule has 0 aromatic heterocycles. The van der Waals surface area contributed by atoms with Crippen LogP contribution in [0.3, 0.4) is 0 Å². The highest BCUT2D eigenvalue weighted by atomic mass is 32.2. The molecule has 1 saturated heterocycles. The second kappa shape index (κ2) is 5.82. The highest BCUT2D eigenvalue weighted by Gasteiger charge is 2.20. The van der Waals surface area contributed by atoms with Gasteiger partial charge >= 0.3 is 0 Å². The van der Waals surface area contributed by atoms with Crippen molar-refractivity contribution in [2.75, 3.05) is 37.7 Å². The smallest absolute Gasteiger partial charge is 0.152 e. The summed E-state index contributed by atoms with van der Waals surface area (Å²) in [5.41, 5.74) is 0. The van der Waals surface area contributed by atoms with Crippen molar-refractivity contribution in [1.82, 2.24) is 10.2 Å². The first-order valence-electron chi connectivity index (χ1n) is 5.66. The molecule has 5 heteroatoms. The van der Waals surface area contributed by atoms with Crippen LogP contribution in [0.4, 0.5) is 0 Å². The molecule has 0 aromatic rings. The standard InChI is InChI=1S/C10H22N2O2S/c1-10(2)11-4-3-5-12-6-8-15(13,14)9-7-12/h10-11H,3-9H2,1-2H3. The molecule has 0 aromatic carbocycles. The van der Waals surface area contributed by atoms with Crippen LogP contribution >= 0.6 is 0 Å². The van der Waals surface area contributed by atoms with Crippen molar-refractivity contribution in [2.24, 2.45) is 0 Å². The van der Waals surface area contributed by atoms with Gasteiger partial charge in [-0.2, -0.15) is 0 Å². The van der Waals surface area contributed by atoms with E-state index < -0.39 is 9.84 Å². The summed E-state index contributed by atoms with van der Waals surface area (Å²) in [6.45, 7) is 7.71. The highest BCUT2D eigenvalue weighted by molar-refractivity contribution is 7.91. The van der Waals surface area contributed by atoms with E-state index in [0.717, 1.165) is 19.5 Å². The van der Waals surface area contributed by atoms with E-state index in [0.29, 0.717) is 30.6 Å². The van der Waals surface area contributed by atoms with E-state index in [9.17, 15) is 8.42 Å². The van der Waals surface area contributed by atoms with Crippen molar-refractivity contribution in [3.63, 3.8) is 0 Å². The van der Waals surface area contributed by atoms with Gasteiger partial charge in [0.15, 0.2) is 9.84 Å². The minimum Gasteiger partial charge on any atom is -0.314 e. The Bertz CT molecular complexity index is 261. The number of sulfone groups is 1. The zero-order valence-electron chi connectivity index (χ0n) is 9.70. The third-order valence-corrected chi connectivity index (χ3v) is 4.25. The van der Waals surface area contributed by atoms with Crippen LogP contribution in [-0.2, 0) is 9.84 Å². The van der Waals surface area contributed by atoms with E-state index in [-0.39, 0.29) is 0 Å². The van der Waals surface area contributed by atoms with Crippen LogP contribution in [0.25, 0.3) is 0 Å². The average molecular weight is 234 g/mol. The maximum Gasteiger partial charge on any atom is 0.152 e. The Kier molecular flexibility index (Phi) is 5.02. The van der Waals surface area contributed by atoms with E-state index in [4.69, 9.17) is 0 Å². The second-order valence-corrected chi connectivity index (χ2v) is 6.76. The second-order valence-electron chi connectivity index (χ2n) is 4.46. The quantitative estimate of drug-likeness (QED) is 0.686. The number of rotatable bonds is 5. The van der Waals surface area contributed by atoms with Crippen LogP contribution in [0.5, 0.6) is 0 Å². The number of nitrogens with one attached hydrogen (secondary N) is 1. The Morgan fingerprint density at radius 2 is 1.87 bits per heavy atom. The molecule has 0 radical (unpaired) electrons. The van der Waals surface area contributed by atoms with E-state index in [1.807, 2.05) is 0 Å². The SMILES string of the molecule is CC(C)NCCCN1CCS(=O)(=O)CC1. The fraction of sp³-hybridized carbons (Fsp3) is 1.00. The van der Waals surface area contributed by atoms with Crippen molar-refractivity contribution in [2.45, 2.75) is 26.3 Å². The molecule has 4 nitrogen and oxygen atoms in total. The summed E-state index contributed by atoms with van der Waals surface area (Å²) in [4.78, 5) is 2.24. The summed E-state index contributed by atoms with van der Waals surface area (Å²) in [6.07, 6.45) is 1.10. The van der Waals surface area contributed by atoms with E-state index in [1.54, 1.807) is 0 Å². The van der Waals surface area contributed by atoms with Gasteiger partial charge in [-0.3, -0.25) is 0 Å². The molecule has 0 aliphatic carbocycles. The monoisotopic (exact) mass is 234 g/mol. The number of hydrogen-bond acceptors (Lipinski definition) is 4. The van der Waals surface area contributed by atoms with E-state index in [2.05, 4.69) is 24.1 Å². The lowest BCUT2D eigenvalue weighted by Crippen LogP contribution is -2.41. The fourth-order valence-electron chi connectivity index (χ4n) is 1.67. The molecule has 90 valence electrons. The topological polar surface area (TPSA) is 49.4 Å². The third-order valence-electron chi connectivity index (χ3n) is 2.64. The summed E-state index contributed by atoms with van der Waals surface area (Å²) < 4.78 is 22.4. The van der Waals surface area contributed by atoms with Gasteiger partial charge in [0.05, 0.1) is 11.5 Å². The lowest BCUT2D eigenvalue weighted by atomic mass is 10.3. The Morgan fingerprint density at radius 3 is 2.40 bits per heavy atom. The maximum atomic E-state index is 11.2. The van der Waals surface area contributed by atoms with Crippen LogP contribution in [0.1, 0.15) is 20.3 Å². The Morgan fingerprint density at radius 1 is 1.27 bits per heavy atom. The van der Waals surface area contributed by atoms with Gasteiger partial charge < -0.3 is 10.2 Å². The first-order chi connectivity index (χ1) is 6.99. The Labute approximate surface area is 93.0 Å². The molecule has 0 amide bonds. The molecule has 0 atom stereocenters. The molecular weight excluding hydrogens is 212 g/mol. The van der Waals surface area contributed by atoms with Gasteiger partial charge in [-0.25, -0.2) is 8.42 Å². The predicted octanol–water partition coefficient (Wildman–Crippen LogP) is 0.105. The molecular formula is C10H22N2O2S.